The number of amides is 2. The predicted molar refractivity (Wildman–Crippen MR) is 110 cm³/mol. The van der Waals surface area contributed by atoms with E-state index in [1.54, 1.807) is 27.8 Å². The summed E-state index contributed by atoms with van der Waals surface area (Å²) in [6, 6.07) is 4.01. The number of nitrogens with zero attached hydrogens (tertiary/aromatic N) is 4. The van der Waals surface area contributed by atoms with Crippen molar-refractivity contribution in [3.05, 3.63) is 50.3 Å². The Balaban J connectivity index is 1.84. The molecule has 3 rings (SSSR count). The van der Waals surface area contributed by atoms with Crippen molar-refractivity contribution in [3.8, 4) is 0 Å². The molecule has 0 spiro atoms. The first kappa shape index (κ1) is 21.6. The molecular weight excluding hydrogens is 414 g/mol. The molecular formula is C19H22ClN5O5. The third kappa shape index (κ3) is 4.54. The molecule has 10 nitrogen and oxygen atoms in total. The van der Waals surface area contributed by atoms with Crippen molar-refractivity contribution < 1.29 is 19.2 Å². The largest absolute Gasteiger partial charge is 0.444 e. The molecule has 1 aliphatic rings. The van der Waals surface area contributed by atoms with Gasteiger partial charge in [0.05, 0.1) is 17.2 Å². The normalized spacial score (nSPS) is 13.6. The van der Waals surface area contributed by atoms with Crippen LogP contribution in [0.1, 0.15) is 42.5 Å². The number of benzene rings is 1. The van der Waals surface area contributed by atoms with Crippen LogP contribution in [0.15, 0.2) is 18.2 Å². The first-order valence-electron chi connectivity index (χ1n) is 9.24. The summed E-state index contributed by atoms with van der Waals surface area (Å²) in [7, 11) is 1.63. The van der Waals surface area contributed by atoms with Crippen LogP contribution in [-0.4, -0.2) is 43.7 Å². The van der Waals surface area contributed by atoms with Crippen LogP contribution in [-0.2, 0) is 24.8 Å². The lowest BCUT2D eigenvalue weighted by Gasteiger charge is -2.29. The maximum Gasteiger partial charge on any atom is 0.410 e. The Morgan fingerprint density at radius 3 is 2.67 bits per heavy atom. The van der Waals surface area contributed by atoms with E-state index >= 15 is 0 Å². The second-order valence-electron chi connectivity index (χ2n) is 7.93. The van der Waals surface area contributed by atoms with E-state index in [2.05, 4.69) is 10.4 Å². The Bertz CT molecular complexity index is 1030. The zero-order chi connectivity index (χ0) is 22.2. The average molecular weight is 436 g/mol. The summed E-state index contributed by atoms with van der Waals surface area (Å²) in [4.78, 5) is 37.3. The Morgan fingerprint density at radius 2 is 2.03 bits per heavy atom. The number of carbonyl (C=O) groups is 2. The Morgan fingerprint density at radius 1 is 1.33 bits per heavy atom. The van der Waals surface area contributed by atoms with E-state index in [0.717, 1.165) is 5.69 Å². The van der Waals surface area contributed by atoms with Crippen LogP contribution in [0.2, 0.25) is 5.02 Å². The quantitative estimate of drug-likeness (QED) is 0.581. The molecule has 0 radical (unpaired) electrons. The van der Waals surface area contributed by atoms with E-state index < -0.39 is 22.5 Å². The van der Waals surface area contributed by atoms with Crippen molar-refractivity contribution in [2.45, 2.75) is 39.3 Å². The Labute approximate surface area is 177 Å². The standard InChI is InChI=1S/C19H22ClN5O5/c1-19(2,3)30-18(27)24-8-7-14-12(10-24)16(23(4)22-14)17(26)21-11-5-6-13(20)15(9-11)25(28)29/h5-6,9H,7-8,10H2,1-4H3,(H,21,26). The lowest BCUT2D eigenvalue weighted by atomic mass is 10.1. The van der Waals surface area contributed by atoms with Gasteiger partial charge in [-0.3, -0.25) is 19.6 Å². The monoisotopic (exact) mass is 435 g/mol. The summed E-state index contributed by atoms with van der Waals surface area (Å²) in [5.74, 6) is -0.492. The van der Waals surface area contributed by atoms with Crippen molar-refractivity contribution in [3.63, 3.8) is 0 Å². The van der Waals surface area contributed by atoms with E-state index in [1.165, 1.54) is 27.8 Å². The third-order valence-electron chi connectivity index (χ3n) is 4.46. The molecule has 2 heterocycles. The number of halogens is 1. The molecule has 1 aromatic carbocycles. The maximum absolute atomic E-state index is 12.9. The van der Waals surface area contributed by atoms with Crippen molar-refractivity contribution in [2.24, 2.45) is 7.05 Å². The van der Waals surface area contributed by atoms with Gasteiger partial charge in [0.25, 0.3) is 11.6 Å². The highest BCUT2D eigenvalue weighted by Crippen LogP contribution is 2.29. The minimum atomic E-state index is -0.629. The molecule has 11 heteroatoms. The van der Waals surface area contributed by atoms with Crippen molar-refractivity contribution in [2.75, 3.05) is 11.9 Å². The molecule has 30 heavy (non-hydrogen) atoms. The van der Waals surface area contributed by atoms with Gasteiger partial charge in [-0.1, -0.05) is 11.6 Å². The molecule has 0 saturated heterocycles. The summed E-state index contributed by atoms with van der Waals surface area (Å²) in [6.07, 6.45) is 0.0268. The Hall–Kier alpha value is -3.14. The number of fused-ring (bicyclic) bond motifs is 1. The maximum atomic E-state index is 12.9. The summed E-state index contributed by atoms with van der Waals surface area (Å²) in [6.45, 7) is 5.97. The van der Waals surface area contributed by atoms with Gasteiger partial charge in [0.2, 0.25) is 0 Å². The molecule has 0 unspecified atom stereocenters. The van der Waals surface area contributed by atoms with Gasteiger partial charge in [-0.2, -0.15) is 5.10 Å². The molecule has 1 N–H and O–H groups in total. The Kier molecular flexibility index (Phi) is 5.71. The van der Waals surface area contributed by atoms with Crippen LogP contribution in [0.5, 0.6) is 0 Å². The zero-order valence-corrected chi connectivity index (χ0v) is 17.8. The van der Waals surface area contributed by atoms with Crippen molar-refractivity contribution in [1.29, 1.82) is 0 Å². The van der Waals surface area contributed by atoms with Crippen LogP contribution >= 0.6 is 11.6 Å². The topological polar surface area (TPSA) is 120 Å². The second kappa shape index (κ2) is 7.94. The van der Waals surface area contributed by atoms with Gasteiger partial charge < -0.3 is 15.0 Å². The van der Waals surface area contributed by atoms with Gasteiger partial charge in [-0.05, 0) is 32.9 Å². The molecule has 2 amide bonds. The predicted octanol–water partition coefficient (Wildman–Crippen LogP) is 3.53. The van der Waals surface area contributed by atoms with Crippen LogP contribution in [0.3, 0.4) is 0 Å². The summed E-state index contributed by atoms with van der Waals surface area (Å²) in [5, 5.41) is 18.1. The number of carbonyl (C=O) groups excluding carboxylic acids is 2. The van der Waals surface area contributed by atoms with Gasteiger partial charge in [0.15, 0.2) is 0 Å². The number of ether oxygens (including phenoxy) is 1. The molecule has 160 valence electrons. The third-order valence-corrected chi connectivity index (χ3v) is 4.78. The number of hydrogen-bond donors (Lipinski definition) is 1. The van der Waals surface area contributed by atoms with Gasteiger partial charge >= 0.3 is 6.09 Å². The number of aryl methyl sites for hydroxylation is 1. The molecule has 0 fully saturated rings. The highest BCUT2D eigenvalue weighted by Gasteiger charge is 2.31. The molecule has 0 atom stereocenters. The summed E-state index contributed by atoms with van der Waals surface area (Å²) < 4.78 is 6.87. The minimum absolute atomic E-state index is 0.0242. The molecule has 0 aliphatic carbocycles. The molecule has 1 aliphatic heterocycles. The number of rotatable bonds is 3. The molecule has 0 saturated carbocycles. The van der Waals surface area contributed by atoms with Crippen molar-refractivity contribution >= 4 is 35.0 Å². The number of anilines is 1. The smallest absolute Gasteiger partial charge is 0.410 e. The molecule has 0 bridgehead atoms. The minimum Gasteiger partial charge on any atom is -0.444 e. The summed E-state index contributed by atoms with van der Waals surface area (Å²) in [5.41, 5.74) is 0.912. The van der Waals surface area contributed by atoms with E-state index in [4.69, 9.17) is 16.3 Å². The van der Waals surface area contributed by atoms with Gasteiger partial charge in [-0.15, -0.1) is 0 Å². The fraction of sp³-hybridized carbons (Fsp3) is 0.421. The lowest BCUT2D eigenvalue weighted by molar-refractivity contribution is -0.384. The highest BCUT2D eigenvalue weighted by molar-refractivity contribution is 6.32. The first-order valence-corrected chi connectivity index (χ1v) is 9.62. The average Bonchev–Trinajstić information content (AvgIpc) is 2.96. The van der Waals surface area contributed by atoms with E-state index in [-0.39, 0.29) is 28.6 Å². The van der Waals surface area contributed by atoms with Crippen LogP contribution in [0, 0.1) is 10.1 Å². The summed E-state index contributed by atoms with van der Waals surface area (Å²) >= 11 is 5.82. The first-order chi connectivity index (χ1) is 14.0. The van der Waals surface area contributed by atoms with Crippen molar-refractivity contribution in [1.82, 2.24) is 14.7 Å². The van der Waals surface area contributed by atoms with Gasteiger partial charge in [0, 0.05) is 37.3 Å². The van der Waals surface area contributed by atoms with E-state index in [9.17, 15) is 19.7 Å². The fourth-order valence-corrected chi connectivity index (χ4v) is 3.37. The number of hydrogen-bond acceptors (Lipinski definition) is 6. The number of nitrogens with one attached hydrogen (secondary N) is 1. The van der Waals surface area contributed by atoms with Gasteiger partial charge in [-0.25, -0.2) is 4.79 Å². The fourth-order valence-electron chi connectivity index (χ4n) is 3.19. The molecule has 1 aromatic heterocycles. The highest BCUT2D eigenvalue weighted by atomic mass is 35.5. The SMILES string of the molecule is Cn1nc2c(c1C(=O)Nc1ccc(Cl)c([N+](=O)[O-])c1)CN(C(=O)OC(C)(C)C)CC2. The number of nitro groups is 1. The van der Waals surface area contributed by atoms with E-state index in [1.807, 2.05) is 0 Å². The number of aromatic nitrogens is 2. The zero-order valence-electron chi connectivity index (χ0n) is 17.1. The molecule has 2 aromatic rings. The van der Waals surface area contributed by atoms with Crippen LogP contribution in [0.25, 0.3) is 0 Å². The van der Waals surface area contributed by atoms with E-state index in [0.29, 0.717) is 18.5 Å². The lowest BCUT2D eigenvalue weighted by Crippen LogP contribution is -2.40. The second-order valence-corrected chi connectivity index (χ2v) is 8.33. The van der Waals surface area contributed by atoms with Gasteiger partial charge in [0.1, 0.15) is 16.3 Å². The number of nitro benzene ring substituents is 1. The van der Waals surface area contributed by atoms with Crippen LogP contribution < -0.4 is 5.32 Å². The van der Waals surface area contributed by atoms with Crippen LogP contribution in [0.4, 0.5) is 16.2 Å².